The summed E-state index contributed by atoms with van der Waals surface area (Å²) in [6.07, 6.45) is 6.43. The van der Waals surface area contributed by atoms with Gasteiger partial charge in [-0.2, -0.15) is 0 Å². The number of rotatable bonds is 2. The molecule has 4 heterocycles. The lowest BCUT2D eigenvalue weighted by molar-refractivity contribution is -0.225. The SMILES string of the molecule is CC12CN3CC(C)(CN(C1)C3C1(CO)CCCCC1)C2=O. The van der Waals surface area contributed by atoms with Crippen LogP contribution in [0, 0.1) is 16.2 Å². The quantitative estimate of drug-likeness (QED) is 0.837. The Labute approximate surface area is 127 Å². The Hall–Kier alpha value is -0.450. The van der Waals surface area contributed by atoms with Crippen LogP contribution in [0.25, 0.3) is 0 Å². The number of ketones is 1. The zero-order chi connectivity index (χ0) is 14.9. The highest BCUT2D eigenvalue weighted by Crippen LogP contribution is 2.53. The van der Waals surface area contributed by atoms with E-state index in [-0.39, 0.29) is 16.2 Å². The number of carbonyl (C=O) groups excluding carboxylic acids is 1. The zero-order valence-electron chi connectivity index (χ0n) is 13.4. The molecule has 4 heteroatoms. The normalized spacial score (nSPS) is 51.4. The van der Waals surface area contributed by atoms with Crippen molar-refractivity contribution >= 4 is 5.78 Å². The van der Waals surface area contributed by atoms with Crippen molar-refractivity contribution in [1.82, 2.24) is 9.80 Å². The molecule has 5 rings (SSSR count). The first kappa shape index (κ1) is 14.2. The number of aliphatic hydroxyl groups excluding tert-OH is 1. The van der Waals surface area contributed by atoms with Crippen molar-refractivity contribution in [3.05, 3.63) is 0 Å². The van der Waals surface area contributed by atoms with E-state index in [0.717, 1.165) is 39.0 Å². The number of Topliss-reactive ketones (excluding diaryl/α,β-unsaturated/α-hetero) is 1. The molecule has 1 saturated carbocycles. The third-order valence-electron chi connectivity index (χ3n) is 6.71. The Morgan fingerprint density at radius 2 is 1.48 bits per heavy atom. The molecule has 1 aliphatic carbocycles. The fraction of sp³-hybridized carbons (Fsp3) is 0.941. The highest BCUT2D eigenvalue weighted by molar-refractivity contribution is 5.92. The Balaban J connectivity index is 1.70. The molecular weight excluding hydrogens is 264 g/mol. The van der Waals surface area contributed by atoms with Crippen molar-refractivity contribution in [3.8, 4) is 0 Å². The molecule has 21 heavy (non-hydrogen) atoms. The predicted octanol–water partition coefficient (Wildman–Crippen LogP) is 1.48. The lowest BCUT2D eigenvalue weighted by Gasteiger charge is -2.68. The van der Waals surface area contributed by atoms with Crippen molar-refractivity contribution in [3.63, 3.8) is 0 Å². The topological polar surface area (TPSA) is 43.8 Å². The highest BCUT2D eigenvalue weighted by Gasteiger charge is 2.64. The molecule has 5 aliphatic rings. The van der Waals surface area contributed by atoms with E-state index in [2.05, 4.69) is 23.6 Å². The Morgan fingerprint density at radius 1 is 1.00 bits per heavy atom. The van der Waals surface area contributed by atoms with E-state index >= 15 is 0 Å². The standard InChI is InChI=1S/C17H28N2O2/c1-15-8-18-10-16(2,13(15)21)11-19(9-15)14(18)17(12-20)6-4-3-5-7-17/h14,20H,3-12H2,1-2H3. The minimum Gasteiger partial charge on any atom is -0.396 e. The molecule has 0 spiro atoms. The van der Waals surface area contributed by atoms with Gasteiger partial charge in [-0.05, 0) is 12.8 Å². The van der Waals surface area contributed by atoms with Crippen molar-refractivity contribution in [2.24, 2.45) is 16.2 Å². The summed E-state index contributed by atoms with van der Waals surface area (Å²) in [5.41, 5.74) is -0.332. The molecule has 4 saturated heterocycles. The van der Waals surface area contributed by atoms with Gasteiger partial charge in [-0.25, -0.2) is 0 Å². The van der Waals surface area contributed by atoms with E-state index in [9.17, 15) is 9.90 Å². The molecule has 0 aromatic rings. The van der Waals surface area contributed by atoms with Crippen LogP contribution in [0.5, 0.6) is 0 Å². The van der Waals surface area contributed by atoms with Gasteiger partial charge in [0.15, 0.2) is 0 Å². The molecule has 4 aliphatic heterocycles. The van der Waals surface area contributed by atoms with E-state index in [4.69, 9.17) is 0 Å². The molecule has 0 amide bonds. The van der Waals surface area contributed by atoms with Gasteiger partial charge in [0.1, 0.15) is 5.78 Å². The molecule has 0 aromatic carbocycles. The first-order valence-electron chi connectivity index (χ1n) is 8.57. The summed E-state index contributed by atoms with van der Waals surface area (Å²) in [5, 5.41) is 10.2. The Kier molecular flexibility index (Phi) is 2.90. The molecule has 0 unspecified atom stereocenters. The van der Waals surface area contributed by atoms with Crippen molar-refractivity contribution in [1.29, 1.82) is 0 Å². The lowest BCUT2D eigenvalue weighted by Crippen LogP contribution is -2.80. The molecule has 0 aromatic heterocycles. The van der Waals surface area contributed by atoms with E-state index in [1.165, 1.54) is 19.3 Å². The van der Waals surface area contributed by atoms with Crippen LogP contribution < -0.4 is 0 Å². The summed E-state index contributed by atoms with van der Waals surface area (Å²) in [7, 11) is 0. The van der Waals surface area contributed by atoms with Crippen LogP contribution in [0.15, 0.2) is 0 Å². The second-order valence-electron chi connectivity index (χ2n) is 8.72. The van der Waals surface area contributed by atoms with Gasteiger partial charge in [-0.1, -0.05) is 33.1 Å². The van der Waals surface area contributed by atoms with E-state index < -0.39 is 0 Å². The summed E-state index contributed by atoms with van der Waals surface area (Å²) in [5.74, 6) is 0.475. The van der Waals surface area contributed by atoms with Gasteiger partial charge in [0.05, 0.1) is 23.6 Å². The number of nitrogens with zero attached hydrogens (tertiary/aromatic N) is 2. The van der Waals surface area contributed by atoms with E-state index in [0.29, 0.717) is 18.6 Å². The first-order chi connectivity index (χ1) is 9.93. The highest BCUT2D eigenvalue weighted by atomic mass is 16.3. The molecule has 0 atom stereocenters. The maximum atomic E-state index is 12.7. The third-order valence-corrected chi connectivity index (χ3v) is 6.71. The van der Waals surface area contributed by atoms with Crippen LogP contribution in [0.3, 0.4) is 0 Å². The van der Waals surface area contributed by atoms with Gasteiger partial charge in [0, 0.05) is 31.6 Å². The number of aliphatic hydroxyl groups is 1. The molecule has 0 radical (unpaired) electrons. The first-order valence-corrected chi connectivity index (χ1v) is 8.57. The maximum absolute atomic E-state index is 12.7. The van der Waals surface area contributed by atoms with Crippen molar-refractivity contribution < 1.29 is 9.90 Å². The summed E-state index contributed by atoms with van der Waals surface area (Å²) in [6.45, 7) is 8.17. The summed E-state index contributed by atoms with van der Waals surface area (Å²) >= 11 is 0. The minimum absolute atomic E-state index is 0.0430. The second-order valence-corrected chi connectivity index (χ2v) is 8.72. The van der Waals surface area contributed by atoms with Crippen LogP contribution in [-0.2, 0) is 4.79 Å². The fourth-order valence-corrected chi connectivity index (χ4v) is 6.13. The maximum Gasteiger partial charge on any atom is 0.149 e. The second kappa shape index (κ2) is 4.30. The molecule has 4 nitrogen and oxygen atoms in total. The molecule has 4 bridgehead atoms. The summed E-state index contributed by atoms with van der Waals surface area (Å²) < 4.78 is 0. The van der Waals surface area contributed by atoms with Crippen molar-refractivity contribution in [2.45, 2.75) is 52.1 Å². The fourth-order valence-electron chi connectivity index (χ4n) is 6.13. The van der Waals surface area contributed by atoms with E-state index in [1.54, 1.807) is 0 Å². The minimum atomic E-state index is -0.187. The third kappa shape index (κ3) is 1.76. The molecule has 1 N–H and O–H groups in total. The molecule has 118 valence electrons. The van der Waals surface area contributed by atoms with E-state index in [1.807, 2.05) is 0 Å². The van der Waals surface area contributed by atoms with Gasteiger partial charge in [0.25, 0.3) is 0 Å². The van der Waals surface area contributed by atoms with Gasteiger partial charge >= 0.3 is 0 Å². The van der Waals surface area contributed by atoms with Crippen LogP contribution in [0.4, 0.5) is 0 Å². The van der Waals surface area contributed by atoms with Crippen LogP contribution >= 0.6 is 0 Å². The Bertz CT molecular complexity index is 429. The number of piperidine rings is 2. The van der Waals surface area contributed by atoms with Crippen molar-refractivity contribution in [2.75, 3.05) is 32.8 Å². The predicted molar refractivity (Wildman–Crippen MR) is 80.8 cm³/mol. The molecular formula is C17H28N2O2. The van der Waals surface area contributed by atoms with Gasteiger partial charge in [0.2, 0.25) is 0 Å². The summed E-state index contributed by atoms with van der Waals surface area (Å²) in [6, 6.07) is 0. The zero-order valence-corrected chi connectivity index (χ0v) is 13.4. The monoisotopic (exact) mass is 292 g/mol. The van der Waals surface area contributed by atoms with Crippen LogP contribution in [0.2, 0.25) is 0 Å². The average Bonchev–Trinajstić information content (AvgIpc) is 2.44. The van der Waals surface area contributed by atoms with Gasteiger partial charge < -0.3 is 5.11 Å². The largest absolute Gasteiger partial charge is 0.396 e. The average molecular weight is 292 g/mol. The number of carbonyl (C=O) groups is 1. The smallest absolute Gasteiger partial charge is 0.149 e. The van der Waals surface area contributed by atoms with Gasteiger partial charge in [-0.3, -0.25) is 14.6 Å². The summed E-state index contributed by atoms with van der Waals surface area (Å²) in [4.78, 5) is 17.8. The van der Waals surface area contributed by atoms with Crippen LogP contribution in [-0.4, -0.2) is 59.6 Å². The Morgan fingerprint density at radius 3 is 1.90 bits per heavy atom. The van der Waals surface area contributed by atoms with Crippen LogP contribution in [0.1, 0.15) is 46.0 Å². The lowest BCUT2D eigenvalue weighted by atomic mass is 9.59. The number of hydrogen-bond acceptors (Lipinski definition) is 4. The number of hydrogen-bond donors (Lipinski definition) is 1. The molecule has 5 fully saturated rings. The van der Waals surface area contributed by atoms with Gasteiger partial charge in [-0.15, -0.1) is 0 Å².